The van der Waals surface area contributed by atoms with Gasteiger partial charge in [0.1, 0.15) is 5.82 Å². The third-order valence-corrected chi connectivity index (χ3v) is 5.63. The van der Waals surface area contributed by atoms with Crippen molar-refractivity contribution in [2.75, 3.05) is 51.2 Å². The van der Waals surface area contributed by atoms with Crippen LogP contribution in [0.25, 0.3) is 0 Å². The lowest BCUT2D eigenvalue weighted by Crippen LogP contribution is -2.39. The average molecular weight is 361 g/mol. The minimum Gasteiger partial charge on any atom is -0.355 e. The molecule has 0 bridgehead atoms. The van der Waals surface area contributed by atoms with E-state index in [1.807, 2.05) is 20.9 Å². The van der Waals surface area contributed by atoms with E-state index in [-0.39, 0.29) is 11.9 Å². The number of likely N-dealkylation sites (tertiary alicyclic amines) is 1. The molecule has 0 radical (unpaired) electrons. The number of hydrogen-bond donors (Lipinski definition) is 1. The lowest BCUT2D eigenvalue weighted by atomic mass is 10.1. The van der Waals surface area contributed by atoms with Crippen molar-refractivity contribution >= 4 is 11.7 Å². The first-order valence-electron chi connectivity index (χ1n) is 9.79. The fourth-order valence-corrected chi connectivity index (χ4v) is 3.74. The number of nitrogens with zero attached hydrogens (tertiary/aromatic N) is 5. The van der Waals surface area contributed by atoms with Crippen LogP contribution >= 0.6 is 0 Å². The number of hydrogen-bond acceptors (Lipinski definition) is 6. The van der Waals surface area contributed by atoms with Crippen molar-refractivity contribution in [3.8, 4) is 0 Å². The second-order valence-electron chi connectivity index (χ2n) is 7.71. The van der Waals surface area contributed by atoms with Crippen LogP contribution in [-0.4, -0.2) is 78.0 Å². The van der Waals surface area contributed by atoms with E-state index in [4.69, 9.17) is 5.73 Å². The first kappa shape index (κ1) is 19.0. The van der Waals surface area contributed by atoms with Gasteiger partial charge in [-0.25, -0.2) is 9.97 Å². The number of rotatable bonds is 5. The van der Waals surface area contributed by atoms with Crippen molar-refractivity contribution in [3.05, 3.63) is 17.1 Å². The van der Waals surface area contributed by atoms with Crippen LogP contribution in [0.15, 0.2) is 0 Å². The van der Waals surface area contributed by atoms with E-state index in [2.05, 4.69) is 19.8 Å². The summed E-state index contributed by atoms with van der Waals surface area (Å²) in [6.07, 6.45) is 4.81. The Balaban J connectivity index is 1.68. The Hall–Kier alpha value is -1.73. The molecule has 26 heavy (non-hydrogen) atoms. The molecular weight excluding hydrogens is 328 g/mol. The fraction of sp³-hybridized carbons (Fsp3) is 0.737. The van der Waals surface area contributed by atoms with Crippen LogP contribution < -0.4 is 10.6 Å². The van der Waals surface area contributed by atoms with Gasteiger partial charge in [-0.2, -0.15) is 0 Å². The molecule has 0 spiro atoms. The molecule has 1 amide bonds. The van der Waals surface area contributed by atoms with Crippen molar-refractivity contribution in [2.24, 2.45) is 5.73 Å². The summed E-state index contributed by atoms with van der Waals surface area (Å²) < 4.78 is 0. The average Bonchev–Trinajstić information content (AvgIpc) is 3.08. The zero-order valence-electron chi connectivity index (χ0n) is 16.4. The van der Waals surface area contributed by atoms with Gasteiger partial charge in [-0.15, -0.1) is 0 Å². The Bertz CT molecular complexity index is 643. The number of nitrogens with two attached hydrogens (primary N) is 1. The highest BCUT2D eigenvalue weighted by Gasteiger charge is 2.25. The summed E-state index contributed by atoms with van der Waals surface area (Å²) in [5.74, 6) is 1.05. The molecule has 1 atom stereocenters. The van der Waals surface area contributed by atoms with Gasteiger partial charge >= 0.3 is 0 Å². The molecule has 144 valence electrons. The highest BCUT2D eigenvalue weighted by atomic mass is 16.2. The maximum Gasteiger partial charge on any atom is 0.291 e. The fourth-order valence-electron chi connectivity index (χ4n) is 3.74. The minimum atomic E-state index is -0.102. The molecule has 0 aromatic carbocycles. The predicted molar refractivity (Wildman–Crippen MR) is 104 cm³/mol. The molecule has 7 heteroatoms. The van der Waals surface area contributed by atoms with Crippen molar-refractivity contribution < 1.29 is 4.79 Å². The standard InChI is InChI=1S/C19H32N6O/c1-14-15(2)21-17(22-18(14)25-10-7-16(20)13-25)19(26)23(3)11-12-24-8-5-4-6-9-24/h16H,4-13,20H2,1-3H3/t16-/m1/s1. The second-order valence-corrected chi connectivity index (χ2v) is 7.71. The molecule has 2 aliphatic heterocycles. The number of amides is 1. The SMILES string of the molecule is Cc1nc(C(=O)N(C)CCN2CCCCC2)nc(N2CC[C@@H](N)C2)c1C. The number of likely N-dealkylation sites (N-methyl/N-ethyl adjacent to an activating group) is 1. The van der Waals surface area contributed by atoms with Gasteiger partial charge in [-0.05, 0) is 46.2 Å². The van der Waals surface area contributed by atoms with Crippen LogP contribution in [0.1, 0.15) is 47.6 Å². The number of carbonyl (C=O) groups is 1. The summed E-state index contributed by atoms with van der Waals surface area (Å²) in [6, 6.07) is 0.177. The van der Waals surface area contributed by atoms with E-state index in [0.29, 0.717) is 12.4 Å². The summed E-state index contributed by atoms with van der Waals surface area (Å²) >= 11 is 0. The van der Waals surface area contributed by atoms with Crippen LogP contribution in [0.4, 0.5) is 5.82 Å². The van der Waals surface area contributed by atoms with Crippen molar-refractivity contribution in [1.29, 1.82) is 0 Å². The van der Waals surface area contributed by atoms with Gasteiger partial charge in [0.15, 0.2) is 0 Å². The minimum absolute atomic E-state index is 0.102. The molecule has 2 fully saturated rings. The number of anilines is 1. The Kier molecular flexibility index (Phi) is 6.09. The topological polar surface area (TPSA) is 78.6 Å². The number of aryl methyl sites for hydroxylation is 1. The Labute approximate surface area is 156 Å². The molecule has 0 saturated carbocycles. The van der Waals surface area contributed by atoms with Gasteiger partial charge in [0.2, 0.25) is 5.82 Å². The largest absolute Gasteiger partial charge is 0.355 e. The zero-order chi connectivity index (χ0) is 18.7. The van der Waals surface area contributed by atoms with Gasteiger partial charge < -0.3 is 20.4 Å². The van der Waals surface area contributed by atoms with E-state index >= 15 is 0 Å². The molecule has 7 nitrogen and oxygen atoms in total. The maximum absolute atomic E-state index is 12.9. The molecular formula is C19H32N6O. The lowest BCUT2D eigenvalue weighted by molar-refractivity contribution is 0.0760. The smallest absolute Gasteiger partial charge is 0.291 e. The third-order valence-electron chi connectivity index (χ3n) is 5.63. The van der Waals surface area contributed by atoms with E-state index in [1.54, 1.807) is 4.90 Å². The molecule has 0 unspecified atom stereocenters. The lowest BCUT2D eigenvalue weighted by Gasteiger charge is -2.28. The Morgan fingerprint density at radius 2 is 1.92 bits per heavy atom. The van der Waals surface area contributed by atoms with Gasteiger partial charge in [0.25, 0.3) is 5.91 Å². The maximum atomic E-state index is 12.9. The summed E-state index contributed by atoms with van der Waals surface area (Å²) in [5, 5.41) is 0. The Morgan fingerprint density at radius 3 is 2.58 bits per heavy atom. The first-order valence-corrected chi connectivity index (χ1v) is 9.79. The summed E-state index contributed by atoms with van der Waals surface area (Å²) in [4.78, 5) is 28.3. The van der Waals surface area contributed by atoms with E-state index < -0.39 is 0 Å². The van der Waals surface area contributed by atoms with Crippen LogP contribution in [-0.2, 0) is 0 Å². The normalized spacial score (nSPS) is 21.2. The molecule has 3 rings (SSSR count). The molecule has 2 N–H and O–H groups in total. The first-order chi connectivity index (χ1) is 12.5. The van der Waals surface area contributed by atoms with Crippen LogP contribution in [0.3, 0.4) is 0 Å². The van der Waals surface area contributed by atoms with Crippen LogP contribution in [0, 0.1) is 13.8 Å². The summed E-state index contributed by atoms with van der Waals surface area (Å²) in [6.45, 7) is 9.54. The second kappa shape index (κ2) is 8.31. The van der Waals surface area contributed by atoms with E-state index in [9.17, 15) is 4.79 Å². The van der Waals surface area contributed by atoms with E-state index in [1.165, 1.54) is 19.3 Å². The molecule has 1 aromatic heterocycles. The number of aromatic nitrogens is 2. The molecule has 2 aliphatic rings. The van der Waals surface area contributed by atoms with Gasteiger partial charge in [-0.3, -0.25) is 4.79 Å². The van der Waals surface area contributed by atoms with Gasteiger partial charge in [-0.1, -0.05) is 6.42 Å². The molecule has 1 aromatic rings. The highest BCUT2D eigenvalue weighted by molar-refractivity contribution is 5.90. The monoisotopic (exact) mass is 360 g/mol. The molecule has 0 aliphatic carbocycles. The van der Waals surface area contributed by atoms with Crippen LogP contribution in [0.5, 0.6) is 0 Å². The molecule has 3 heterocycles. The highest BCUT2D eigenvalue weighted by Crippen LogP contribution is 2.23. The van der Waals surface area contributed by atoms with Crippen molar-refractivity contribution in [2.45, 2.75) is 45.6 Å². The van der Waals surface area contributed by atoms with Crippen LogP contribution in [0.2, 0.25) is 0 Å². The van der Waals surface area contributed by atoms with Crippen molar-refractivity contribution in [3.63, 3.8) is 0 Å². The number of carbonyl (C=O) groups excluding carboxylic acids is 1. The van der Waals surface area contributed by atoms with Crippen molar-refractivity contribution in [1.82, 2.24) is 19.8 Å². The quantitative estimate of drug-likeness (QED) is 0.850. The molecule has 2 saturated heterocycles. The summed E-state index contributed by atoms with van der Waals surface area (Å²) in [7, 11) is 1.84. The van der Waals surface area contributed by atoms with Gasteiger partial charge in [0.05, 0.1) is 0 Å². The number of piperidine rings is 1. The Morgan fingerprint density at radius 1 is 1.19 bits per heavy atom. The third kappa shape index (κ3) is 4.32. The zero-order valence-corrected chi connectivity index (χ0v) is 16.4. The van der Waals surface area contributed by atoms with Gasteiger partial charge in [0, 0.05) is 50.5 Å². The van der Waals surface area contributed by atoms with E-state index in [0.717, 1.165) is 56.2 Å². The summed E-state index contributed by atoms with van der Waals surface area (Å²) in [5.41, 5.74) is 7.94. The predicted octanol–water partition coefficient (Wildman–Crippen LogP) is 1.19.